The molecule has 1 saturated carbocycles. The minimum Gasteiger partial charge on any atom is -0.392 e. The Hall–Kier alpha value is -2.97. The molecule has 7 nitrogen and oxygen atoms in total. The Kier molecular flexibility index (Phi) is 7.82. The number of aromatic amines is 1. The van der Waals surface area contributed by atoms with Crippen LogP contribution in [0.4, 0.5) is 11.6 Å². The number of benzene rings is 2. The lowest BCUT2D eigenvalue weighted by molar-refractivity contribution is 0.0796. The van der Waals surface area contributed by atoms with Gasteiger partial charge in [-0.25, -0.2) is 9.97 Å². The second-order valence-electron chi connectivity index (χ2n) is 11.8. The monoisotopic (exact) mass is 558 g/mol. The molecule has 4 aromatic rings. The molecule has 210 valence electrons. The van der Waals surface area contributed by atoms with Gasteiger partial charge in [0, 0.05) is 47.5 Å². The minimum absolute atomic E-state index is 0.286. The number of anilines is 2. The number of piperidine rings is 1. The maximum absolute atomic E-state index is 9.76. The van der Waals surface area contributed by atoms with Crippen LogP contribution in [-0.2, 0) is 6.54 Å². The number of aliphatic hydroxyl groups is 1. The fourth-order valence-electron chi connectivity index (χ4n) is 6.06. The molecule has 0 amide bonds. The summed E-state index contributed by atoms with van der Waals surface area (Å²) in [7, 11) is 2.13. The fraction of sp³-hybridized carbons (Fsp3) is 0.438. The lowest BCUT2D eigenvalue weighted by Gasteiger charge is -2.37. The first-order valence-electron chi connectivity index (χ1n) is 14.4. The standard InChI is InChI=1S/C32H39ClN6O/c1-20-4-7-27-28(16-34-30(27)12-20)31-29(33)17-35-32(37-31)36-25-14-22(13-24(15-25)23-5-6-23)19-39-10-8-26(9-11-39)38(3)18-21(2)40/h4,7,12-17,21,23,26,34,40H,5-6,8-11,18-19H2,1-3H3,(H,35,36,37). The third-order valence-electron chi connectivity index (χ3n) is 8.30. The molecule has 0 bridgehead atoms. The summed E-state index contributed by atoms with van der Waals surface area (Å²) in [6, 6.07) is 13.8. The molecule has 1 saturated heterocycles. The van der Waals surface area contributed by atoms with Gasteiger partial charge >= 0.3 is 0 Å². The van der Waals surface area contributed by atoms with Gasteiger partial charge in [-0.3, -0.25) is 4.90 Å². The van der Waals surface area contributed by atoms with Gasteiger partial charge in [-0.15, -0.1) is 0 Å². The third kappa shape index (κ3) is 6.18. The summed E-state index contributed by atoms with van der Waals surface area (Å²) in [5.41, 5.74) is 7.71. The number of hydrogen-bond acceptors (Lipinski definition) is 6. The van der Waals surface area contributed by atoms with Gasteiger partial charge in [-0.2, -0.15) is 0 Å². The molecular formula is C32H39ClN6O. The van der Waals surface area contributed by atoms with E-state index in [2.05, 4.69) is 75.5 Å². The van der Waals surface area contributed by atoms with Crippen molar-refractivity contribution >= 4 is 34.1 Å². The average Bonchev–Trinajstić information content (AvgIpc) is 3.70. The second-order valence-corrected chi connectivity index (χ2v) is 12.2. The summed E-state index contributed by atoms with van der Waals surface area (Å²) in [5, 5.41) is 14.9. The Morgan fingerprint density at radius 3 is 2.70 bits per heavy atom. The predicted molar refractivity (Wildman–Crippen MR) is 163 cm³/mol. The fourth-order valence-corrected chi connectivity index (χ4v) is 6.25. The van der Waals surface area contributed by atoms with Crippen LogP contribution in [0.3, 0.4) is 0 Å². The van der Waals surface area contributed by atoms with E-state index in [1.54, 1.807) is 6.20 Å². The van der Waals surface area contributed by atoms with E-state index in [1.165, 1.54) is 29.5 Å². The van der Waals surface area contributed by atoms with Gasteiger partial charge in [0.05, 0.1) is 23.0 Å². The molecule has 1 aliphatic heterocycles. The molecule has 2 fully saturated rings. The van der Waals surface area contributed by atoms with Crippen molar-refractivity contribution in [1.82, 2.24) is 24.8 Å². The van der Waals surface area contributed by atoms with Crippen LogP contribution in [0.25, 0.3) is 22.2 Å². The smallest absolute Gasteiger partial charge is 0.227 e. The number of likely N-dealkylation sites (N-methyl/N-ethyl adjacent to an activating group) is 1. The minimum atomic E-state index is -0.286. The van der Waals surface area contributed by atoms with Crippen molar-refractivity contribution in [2.24, 2.45) is 0 Å². The van der Waals surface area contributed by atoms with Crippen molar-refractivity contribution in [2.75, 3.05) is 32.0 Å². The molecule has 8 heteroatoms. The highest BCUT2D eigenvalue weighted by Crippen LogP contribution is 2.42. The van der Waals surface area contributed by atoms with E-state index >= 15 is 0 Å². The molecule has 0 spiro atoms. The quantitative estimate of drug-likeness (QED) is 0.218. The van der Waals surface area contributed by atoms with Crippen molar-refractivity contribution in [3.63, 3.8) is 0 Å². The molecule has 2 aliphatic rings. The third-order valence-corrected chi connectivity index (χ3v) is 8.57. The van der Waals surface area contributed by atoms with E-state index in [-0.39, 0.29) is 6.10 Å². The van der Waals surface area contributed by atoms with E-state index in [0.29, 0.717) is 22.9 Å². The van der Waals surface area contributed by atoms with Crippen molar-refractivity contribution in [3.8, 4) is 11.3 Å². The van der Waals surface area contributed by atoms with E-state index in [4.69, 9.17) is 16.6 Å². The van der Waals surface area contributed by atoms with Gasteiger partial charge in [0.25, 0.3) is 0 Å². The molecule has 0 radical (unpaired) electrons. The van der Waals surface area contributed by atoms with E-state index < -0.39 is 0 Å². The lowest BCUT2D eigenvalue weighted by Crippen LogP contribution is -2.44. The SMILES string of the molecule is Cc1ccc2c(-c3nc(Nc4cc(CN5CCC(N(C)CC(C)O)CC5)cc(C5CC5)c4)ncc3Cl)c[nH]c2c1. The molecule has 1 aliphatic carbocycles. The Morgan fingerprint density at radius 2 is 1.95 bits per heavy atom. The molecule has 2 aromatic carbocycles. The number of aliphatic hydroxyl groups excluding tert-OH is 1. The number of nitrogens with one attached hydrogen (secondary N) is 2. The summed E-state index contributed by atoms with van der Waals surface area (Å²) in [6.45, 7) is 7.76. The highest BCUT2D eigenvalue weighted by atomic mass is 35.5. The lowest BCUT2D eigenvalue weighted by atomic mass is 10.0. The van der Waals surface area contributed by atoms with Gasteiger partial charge in [-0.1, -0.05) is 29.8 Å². The van der Waals surface area contributed by atoms with Crippen LogP contribution >= 0.6 is 11.6 Å². The van der Waals surface area contributed by atoms with Crippen LogP contribution in [0.15, 0.2) is 48.8 Å². The van der Waals surface area contributed by atoms with Gasteiger partial charge in [0.2, 0.25) is 5.95 Å². The number of likely N-dealkylation sites (tertiary alicyclic amines) is 1. The Bertz CT molecular complexity index is 1490. The molecule has 1 unspecified atom stereocenters. The first kappa shape index (κ1) is 27.2. The molecule has 6 rings (SSSR count). The molecule has 3 heterocycles. The average molecular weight is 559 g/mol. The van der Waals surface area contributed by atoms with E-state index in [0.717, 1.165) is 66.9 Å². The Balaban J connectivity index is 1.20. The first-order valence-corrected chi connectivity index (χ1v) is 14.8. The van der Waals surface area contributed by atoms with Crippen LogP contribution in [0, 0.1) is 6.92 Å². The molecule has 2 aromatic heterocycles. The topological polar surface area (TPSA) is 80.3 Å². The largest absolute Gasteiger partial charge is 0.392 e. The summed E-state index contributed by atoms with van der Waals surface area (Å²) in [6.07, 6.45) is 8.14. The number of halogens is 1. The number of fused-ring (bicyclic) bond motifs is 1. The Morgan fingerprint density at radius 1 is 1.15 bits per heavy atom. The maximum atomic E-state index is 9.76. The van der Waals surface area contributed by atoms with Crippen LogP contribution in [0.1, 0.15) is 55.2 Å². The number of aryl methyl sites for hydroxylation is 1. The van der Waals surface area contributed by atoms with Gasteiger partial charge < -0.3 is 20.3 Å². The van der Waals surface area contributed by atoms with E-state index in [9.17, 15) is 5.11 Å². The van der Waals surface area contributed by atoms with Gasteiger partial charge in [0.1, 0.15) is 0 Å². The molecular weight excluding hydrogens is 520 g/mol. The van der Waals surface area contributed by atoms with Crippen LogP contribution in [0.2, 0.25) is 5.02 Å². The Labute approximate surface area is 241 Å². The van der Waals surface area contributed by atoms with Crippen molar-refractivity contribution in [1.29, 1.82) is 0 Å². The molecule has 40 heavy (non-hydrogen) atoms. The van der Waals surface area contributed by atoms with Crippen LogP contribution in [0.5, 0.6) is 0 Å². The number of H-pyrrole nitrogens is 1. The zero-order valence-electron chi connectivity index (χ0n) is 23.6. The number of nitrogens with zero attached hydrogens (tertiary/aromatic N) is 4. The van der Waals surface area contributed by atoms with Gasteiger partial charge in [-0.05, 0) is 100 Å². The van der Waals surface area contributed by atoms with Crippen LogP contribution < -0.4 is 5.32 Å². The summed E-state index contributed by atoms with van der Waals surface area (Å²) >= 11 is 6.60. The zero-order valence-corrected chi connectivity index (χ0v) is 24.4. The number of rotatable bonds is 9. The van der Waals surface area contributed by atoms with Crippen molar-refractivity contribution in [2.45, 2.75) is 64.1 Å². The maximum Gasteiger partial charge on any atom is 0.227 e. The second kappa shape index (κ2) is 11.5. The predicted octanol–water partition coefficient (Wildman–Crippen LogP) is 6.48. The zero-order chi connectivity index (χ0) is 27.8. The highest BCUT2D eigenvalue weighted by molar-refractivity contribution is 6.33. The van der Waals surface area contributed by atoms with Crippen LogP contribution in [-0.4, -0.2) is 68.7 Å². The summed E-state index contributed by atoms with van der Waals surface area (Å²) in [5.74, 6) is 1.19. The molecule has 3 N–H and O–H groups in total. The highest BCUT2D eigenvalue weighted by Gasteiger charge is 2.26. The van der Waals surface area contributed by atoms with E-state index in [1.807, 2.05) is 13.1 Å². The first-order chi connectivity index (χ1) is 19.3. The molecule has 1 atom stereocenters. The van der Waals surface area contributed by atoms with Crippen molar-refractivity contribution in [3.05, 3.63) is 70.5 Å². The summed E-state index contributed by atoms with van der Waals surface area (Å²) in [4.78, 5) is 17.6. The number of aromatic nitrogens is 3. The normalized spacial score (nSPS) is 17.6. The summed E-state index contributed by atoms with van der Waals surface area (Å²) < 4.78 is 0. The van der Waals surface area contributed by atoms with Crippen molar-refractivity contribution < 1.29 is 5.11 Å². The van der Waals surface area contributed by atoms with Gasteiger partial charge in [0.15, 0.2) is 0 Å². The number of hydrogen-bond donors (Lipinski definition) is 3.